The third kappa shape index (κ3) is 8.58. The number of nitrogens with zero attached hydrogens (tertiary/aromatic N) is 2. The van der Waals surface area contributed by atoms with Crippen LogP contribution in [0.2, 0.25) is 0 Å². The molecule has 4 nitrogen and oxygen atoms in total. The van der Waals surface area contributed by atoms with Crippen molar-refractivity contribution in [1.29, 1.82) is 0 Å². The molecule has 0 aliphatic rings. The first-order valence-corrected chi connectivity index (χ1v) is 9.01. The predicted molar refractivity (Wildman–Crippen MR) is 95.6 cm³/mol. The van der Waals surface area contributed by atoms with Gasteiger partial charge >= 0.3 is 5.97 Å². The van der Waals surface area contributed by atoms with E-state index in [1.807, 2.05) is 36.9 Å². The second-order valence-electron chi connectivity index (χ2n) is 6.22. The van der Waals surface area contributed by atoms with Gasteiger partial charge in [0.05, 0.1) is 5.69 Å². The van der Waals surface area contributed by atoms with E-state index in [0.29, 0.717) is 6.42 Å². The summed E-state index contributed by atoms with van der Waals surface area (Å²) in [6.07, 6.45) is 13.6. The number of hydrogen-bond donors (Lipinski definition) is 0. The lowest BCUT2D eigenvalue weighted by molar-refractivity contribution is -0.143. The molecule has 0 amide bonds. The second kappa shape index (κ2) is 11.9. The Balaban J connectivity index is 2.05. The Morgan fingerprint density at radius 1 is 1.09 bits per heavy atom. The molecule has 0 radical (unpaired) electrons. The van der Waals surface area contributed by atoms with Gasteiger partial charge in [-0.3, -0.25) is 0 Å². The summed E-state index contributed by atoms with van der Waals surface area (Å²) in [5, 5.41) is 3.93. The molecule has 0 fully saturated rings. The van der Waals surface area contributed by atoms with Gasteiger partial charge in [0.15, 0.2) is 0 Å². The Morgan fingerprint density at radius 3 is 2.26 bits per heavy atom. The fourth-order valence-corrected chi connectivity index (χ4v) is 2.63. The molecule has 0 bridgehead atoms. The molecule has 0 aliphatic heterocycles. The molecule has 0 N–H and O–H groups in total. The van der Waals surface area contributed by atoms with Crippen LogP contribution in [-0.4, -0.2) is 16.2 Å². The van der Waals surface area contributed by atoms with Crippen LogP contribution in [0.15, 0.2) is 23.5 Å². The minimum atomic E-state index is -0.235. The maximum Gasteiger partial charge on any atom is 0.335 e. The Bertz CT molecular complexity index is 477. The van der Waals surface area contributed by atoms with Gasteiger partial charge in [0.1, 0.15) is 5.71 Å². The minimum absolute atomic E-state index is 0.235. The van der Waals surface area contributed by atoms with Crippen LogP contribution >= 0.6 is 0 Å². The number of aromatic nitrogens is 1. The number of rotatable bonds is 12. The highest BCUT2D eigenvalue weighted by atomic mass is 16.7. The van der Waals surface area contributed by atoms with Crippen LogP contribution in [0, 0.1) is 0 Å². The molecular formula is C19H32N2O2. The monoisotopic (exact) mass is 320 g/mol. The molecule has 0 aliphatic carbocycles. The van der Waals surface area contributed by atoms with Crippen molar-refractivity contribution in [3.05, 3.63) is 24.0 Å². The standard InChI is InChI=1S/C19H32N2O2/c1-4-5-6-7-8-9-10-11-12-15-19(22)23-20-17(2)18-14-13-16-21(18)3/h13-14,16H,4-12,15H2,1-3H3/b20-17+. The van der Waals surface area contributed by atoms with E-state index in [0.717, 1.165) is 24.2 Å². The van der Waals surface area contributed by atoms with Gasteiger partial charge in [-0.25, -0.2) is 4.79 Å². The maximum absolute atomic E-state index is 11.7. The zero-order valence-electron chi connectivity index (χ0n) is 15.0. The average molecular weight is 320 g/mol. The normalized spacial score (nSPS) is 11.7. The smallest absolute Gasteiger partial charge is 0.335 e. The molecule has 1 heterocycles. The topological polar surface area (TPSA) is 43.6 Å². The maximum atomic E-state index is 11.7. The molecule has 0 saturated carbocycles. The zero-order chi connectivity index (χ0) is 16.9. The molecule has 0 saturated heterocycles. The van der Waals surface area contributed by atoms with Crippen LogP contribution in [0.4, 0.5) is 0 Å². The first kappa shape index (κ1) is 19.5. The van der Waals surface area contributed by atoms with E-state index in [2.05, 4.69) is 12.1 Å². The number of aryl methyl sites for hydroxylation is 1. The lowest BCUT2D eigenvalue weighted by atomic mass is 10.1. The van der Waals surface area contributed by atoms with Crippen LogP contribution in [0.25, 0.3) is 0 Å². The molecule has 4 heteroatoms. The summed E-state index contributed by atoms with van der Waals surface area (Å²) in [6.45, 7) is 4.09. The van der Waals surface area contributed by atoms with E-state index in [1.54, 1.807) is 0 Å². The van der Waals surface area contributed by atoms with Crippen molar-refractivity contribution in [3.63, 3.8) is 0 Å². The Hall–Kier alpha value is -1.58. The van der Waals surface area contributed by atoms with Gasteiger partial charge in [-0.05, 0) is 25.5 Å². The summed E-state index contributed by atoms with van der Waals surface area (Å²) in [5.41, 5.74) is 1.68. The SMILES string of the molecule is CCCCCCCCCCCC(=O)O/N=C(\C)c1cccn1C. The Labute approximate surface area is 140 Å². The summed E-state index contributed by atoms with van der Waals surface area (Å²) < 4.78 is 1.95. The number of unbranched alkanes of at least 4 members (excludes halogenated alkanes) is 8. The van der Waals surface area contributed by atoms with Crippen LogP contribution in [0.3, 0.4) is 0 Å². The van der Waals surface area contributed by atoms with Crippen LogP contribution in [-0.2, 0) is 16.7 Å². The summed E-state index contributed by atoms with van der Waals surface area (Å²) in [6, 6.07) is 3.89. The minimum Gasteiger partial charge on any atom is -0.349 e. The van der Waals surface area contributed by atoms with Crippen LogP contribution in [0.1, 0.15) is 83.7 Å². The fraction of sp³-hybridized carbons (Fsp3) is 0.684. The summed E-state index contributed by atoms with van der Waals surface area (Å²) in [4.78, 5) is 16.7. The average Bonchev–Trinajstić information content (AvgIpc) is 2.97. The summed E-state index contributed by atoms with van der Waals surface area (Å²) in [7, 11) is 1.94. The lowest BCUT2D eigenvalue weighted by Gasteiger charge is -2.03. The van der Waals surface area contributed by atoms with Gasteiger partial charge in [-0.15, -0.1) is 0 Å². The van der Waals surface area contributed by atoms with Gasteiger partial charge in [-0.1, -0.05) is 63.4 Å². The quantitative estimate of drug-likeness (QED) is 0.229. The van der Waals surface area contributed by atoms with Crippen LogP contribution in [0.5, 0.6) is 0 Å². The molecule has 0 spiro atoms. The first-order chi connectivity index (χ1) is 11.1. The van der Waals surface area contributed by atoms with Crippen molar-refractivity contribution < 1.29 is 9.63 Å². The third-order valence-electron chi connectivity index (χ3n) is 4.08. The van der Waals surface area contributed by atoms with Crippen molar-refractivity contribution in [3.8, 4) is 0 Å². The highest BCUT2D eigenvalue weighted by Gasteiger charge is 2.05. The lowest BCUT2D eigenvalue weighted by Crippen LogP contribution is -2.06. The van der Waals surface area contributed by atoms with E-state index < -0.39 is 0 Å². The van der Waals surface area contributed by atoms with Crippen molar-refractivity contribution in [2.75, 3.05) is 0 Å². The van der Waals surface area contributed by atoms with Gasteiger partial charge in [0.25, 0.3) is 0 Å². The summed E-state index contributed by atoms with van der Waals surface area (Å²) >= 11 is 0. The third-order valence-corrected chi connectivity index (χ3v) is 4.08. The Morgan fingerprint density at radius 2 is 1.70 bits per heavy atom. The number of carbonyl (C=O) groups is 1. The molecule has 1 rings (SSSR count). The molecule has 130 valence electrons. The van der Waals surface area contributed by atoms with Crippen molar-refractivity contribution in [1.82, 2.24) is 4.57 Å². The van der Waals surface area contributed by atoms with Crippen molar-refractivity contribution in [2.45, 2.75) is 78.1 Å². The van der Waals surface area contributed by atoms with Gasteiger partial charge < -0.3 is 9.40 Å². The van der Waals surface area contributed by atoms with E-state index in [9.17, 15) is 4.79 Å². The zero-order valence-corrected chi connectivity index (χ0v) is 15.0. The van der Waals surface area contributed by atoms with E-state index in [-0.39, 0.29) is 5.97 Å². The van der Waals surface area contributed by atoms with Gasteiger partial charge in [0.2, 0.25) is 0 Å². The molecule has 0 atom stereocenters. The van der Waals surface area contributed by atoms with Gasteiger partial charge in [-0.2, -0.15) is 0 Å². The second-order valence-corrected chi connectivity index (χ2v) is 6.22. The summed E-state index contributed by atoms with van der Waals surface area (Å²) in [5.74, 6) is -0.235. The highest BCUT2D eigenvalue weighted by Crippen LogP contribution is 2.11. The van der Waals surface area contributed by atoms with Crippen molar-refractivity contribution in [2.24, 2.45) is 12.2 Å². The molecule has 1 aromatic heterocycles. The van der Waals surface area contributed by atoms with Crippen LogP contribution < -0.4 is 0 Å². The molecular weight excluding hydrogens is 288 g/mol. The molecule has 0 unspecified atom stereocenters. The number of oxime groups is 1. The number of hydrogen-bond acceptors (Lipinski definition) is 3. The van der Waals surface area contributed by atoms with E-state index in [1.165, 1.54) is 44.9 Å². The predicted octanol–water partition coefficient (Wildman–Crippen LogP) is 5.21. The van der Waals surface area contributed by atoms with E-state index >= 15 is 0 Å². The van der Waals surface area contributed by atoms with E-state index in [4.69, 9.17) is 4.84 Å². The molecule has 0 aromatic carbocycles. The van der Waals surface area contributed by atoms with Crippen molar-refractivity contribution >= 4 is 11.7 Å². The molecule has 1 aromatic rings. The highest BCUT2D eigenvalue weighted by molar-refractivity contribution is 5.97. The fourth-order valence-electron chi connectivity index (χ4n) is 2.63. The molecule has 23 heavy (non-hydrogen) atoms. The van der Waals surface area contributed by atoms with Gasteiger partial charge in [0, 0.05) is 19.7 Å². The number of carbonyl (C=O) groups excluding carboxylic acids is 1. The largest absolute Gasteiger partial charge is 0.349 e. The Kier molecular flexibility index (Phi) is 10.1. The first-order valence-electron chi connectivity index (χ1n) is 9.01.